The third-order valence-electron chi connectivity index (χ3n) is 4.74. The minimum Gasteiger partial charge on any atom is -0.357 e. The molecule has 1 heterocycles. The molecule has 0 atom stereocenters. The van der Waals surface area contributed by atoms with Crippen molar-refractivity contribution in [1.82, 2.24) is 14.9 Å². The van der Waals surface area contributed by atoms with Crippen LogP contribution in [0, 0.1) is 5.82 Å². The Hall–Kier alpha value is -1.72. The molecule has 6 nitrogen and oxygen atoms in total. The molecule has 1 saturated heterocycles. The monoisotopic (exact) mass is 546 g/mol. The number of nitrogens with zero attached hydrogens (tertiary/aromatic N) is 2. The molecule has 0 bridgehead atoms. The zero-order valence-corrected chi connectivity index (χ0v) is 20.1. The highest BCUT2D eigenvalue weighted by molar-refractivity contribution is 14.0. The average Bonchev–Trinajstić information content (AvgIpc) is 3.26. The number of halogens is 2. The highest BCUT2D eigenvalue weighted by atomic mass is 127. The molecule has 0 unspecified atom stereocenters. The van der Waals surface area contributed by atoms with E-state index in [1.54, 1.807) is 22.5 Å². The second-order valence-electron chi connectivity index (χ2n) is 6.93. The number of benzene rings is 2. The third-order valence-corrected chi connectivity index (χ3v) is 6.65. The number of rotatable bonds is 7. The molecule has 2 aromatic rings. The molecular formula is C21H28FIN4O2S. The highest BCUT2D eigenvalue weighted by Crippen LogP contribution is 2.21. The standard InChI is InChI=1S/C21H27FN4O2S.HI/c1-2-23-21(25-16-18-6-5-7-19(22)14-18)24-15-17-8-10-20(11-9-17)29(27,28)26-12-3-4-13-26;/h5-11,14H,2-4,12-13,15-16H2,1H3,(H2,23,24,25);1H. The van der Waals surface area contributed by atoms with Crippen LogP contribution in [0.5, 0.6) is 0 Å². The van der Waals surface area contributed by atoms with Crippen molar-refractivity contribution in [3.63, 3.8) is 0 Å². The summed E-state index contributed by atoms with van der Waals surface area (Å²) in [7, 11) is -3.39. The van der Waals surface area contributed by atoms with Crippen LogP contribution in [0.25, 0.3) is 0 Å². The fraction of sp³-hybridized carbons (Fsp3) is 0.381. The highest BCUT2D eigenvalue weighted by Gasteiger charge is 2.26. The van der Waals surface area contributed by atoms with Crippen molar-refractivity contribution in [2.75, 3.05) is 19.6 Å². The summed E-state index contributed by atoms with van der Waals surface area (Å²) in [6.07, 6.45) is 1.84. The van der Waals surface area contributed by atoms with Gasteiger partial charge in [0.1, 0.15) is 5.82 Å². The number of sulfonamides is 1. The van der Waals surface area contributed by atoms with E-state index in [9.17, 15) is 12.8 Å². The van der Waals surface area contributed by atoms with E-state index in [1.807, 2.05) is 25.1 Å². The van der Waals surface area contributed by atoms with Crippen LogP contribution in [0.1, 0.15) is 30.9 Å². The Kier molecular flexibility index (Phi) is 9.50. The van der Waals surface area contributed by atoms with Crippen molar-refractivity contribution in [3.05, 3.63) is 65.5 Å². The summed E-state index contributed by atoms with van der Waals surface area (Å²) in [5, 5.41) is 6.37. The van der Waals surface area contributed by atoms with E-state index in [0.717, 1.165) is 24.0 Å². The fourth-order valence-electron chi connectivity index (χ4n) is 3.19. The van der Waals surface area contributed by atoms with Gasteiger partial charge in [-0.05, 0) is 55.2 Å². The van der Waals surface area contributed by atoms with Crippen molar-refractivity contribution >= 4 is 40.0 Å². The third kappa shape index (κ3) is 6.64. The van der Waals surface area contributed by atoms with Crippen LogP contribution in [-0.4, -0.2) is 38.3 Å². The summed E-state index contributed by atoms with van der Waals surface area (Å²) in [6.45, 7) is 4.72. The largest absolute Gasteiger partial charge is 0.357 e. The molecule has 0 aliphatic carbocycles. The maximum Gasteiger partial charge on any atom is 0.243 e. The van der Waals surface area contributed by atoms with Crippen LogP contribution in [0.3, 0.4) is 0 Å². The number of nitrogens with one attached hydrogen (secondary N) is 2. The summed E-state index contributed by atoms with van der Waals surface area (Å²) >= 11 is 0. The first kappa shape index (κ1) is 24.5. The molecule has 9 heteroatoms. The molecule has 0 spiro atoms. The van der Waals surface area contributed by atoms with Crippen LogP contribution in [0.2, 0.25) is 0 Å². The Morgan fingerprint density at radius 1 is 1.07 bits per heavy atom. The molecule has 1 aliphatic heterocycles. The Morgan fingerprint density at radius 3 is 2.40 bits per heavy atom. The SMILES string of the molecule is CCNC(=NCc1cccc(F)c1)NCc1ccc(S(=O)(=O)N2CCCC2)cc1.I. The molecular weight excluding hydrogens is 518 g/mol. The van der Waals surface area contributed by atoms with E-state index in [0.29, 0.717) is 43.6 Å². The van der Waals surface area contributed by atoms with Crippen LogP contribution < -0.4 is 10.6 Å². The van der Waals surface area contributed by atoms with Gasteiger partial charge in [0.25, 0.3) is 0 Å². The minimum atomic E-state index is -3.39. The summed E-state index contributed by atoms with van der Waals surface area (Å²) in [4.78, 5) is 4.80. The van der Waals surface area contributed by atoms with Gasteiger partial charge in [-0.15, -0.1) is 24.0 Å². The summed E-state index contributed by atoms with van der Waals surface area (Å²) in [5.41, 5.74) is 1.74. The van der Waals surface area contributed by atoms with Gasteiger partial charge in [-0.1, -0.05) is 24.3 Å². The lowest BCUT2D eigenvalue weighted by Gasteiger charge is -2.16. The number of aliphatic imine (C=N–C) groups is 1. The second kappa shape index (κ2) is 11.6. The van der Waals surface area contributed by atoms with Crippen LogP contribution >= 0.6 is 24.0 Å². The average molecular weight is 546 g/mol. The van der Waals surface area contributed by atoms with Crippen molar-refractivity contribution in [1.29, 1.82) is 0 Å². The van der Waals surface area contributed by atoms with Crippen molar-refractivity contribution in [2.45, 2.75) is 37.8 Å². The molecule has 0 amide bonds. The molecule has 3 rings (SSSR count). The zero-order valence-electron chi connectivity index (χ0n) is 17.0. The van der Waals surface area contributed by atoms with Gasteiger partial charge in [0.05, 0.1) is 11.4 Å². The van der Waals surface area contributed by atoms with Gasteiger partial charge in [0, 0.05) is 26.2 Å². The van der Waals surface area contributed by atoms with Crippen molar-refractivity contribution in [3.8, 4) is 0 Å². The Balaban J connectivity index is 0.00000320. The van der Waals surface area contributed by atoms with Gasteiger partial charge < -0.3 is 10.6 Å². The van der Waals surface area contributed by atoms with Gasteiger partial charge in [-0.25, -0.2) is 17.8 Å². The van der Waals surface area contributed by atoms with Gasteiger partial charge >= 0.3 is 0 Å². The maximum absolute atomic E-state index is 13.3. The molecule has 0 aromatic heterocycles. The lowest BCUT2D eigenvalue weighted by Crippen LogP contribution is -2.36. The molecule has 30 heavy (non-hydrogen) atoms. The number of hydrogen-bond donors (Lipinski definition) is 2. The Morgan fingerprint density at radius 2 is 1.77 bits per heavy atom. The second-order valence-corrected chi connectivity index (χ2v) is 8.87. The quantitative estimate of drug-likeness (QED) is 0.317. The fourth-order valence-corrected chi connectivity index (χ4v) is 4.71. The minimum absolute atomic E-state index is 0. The molecule has 1 fully saturated rings. The molecule has 2 N–H and O–H groups in total. The number of hydrogen-bond acceptors (Lipinski definition) is 3. The molecule has 0 radical (unpaired) electrons. The predicted octanol–water partition coefficient (Wildman–Crippen LogP) is 3.48. The first-order valence-electron chi connectivity index (χ1n) is 9.85. The van der Waals surface area contributed by atoms with Crippen molar-refractivity contribution < 1.29 is 12.8 Å². The molecule has 0 saturated carbocycles. The van der Waals surface area contributed by atoms with E-state index in [-0.39, 0.29) is 29.8 Å². The normalized spacial score (nSPS) is 14.9. The Bertz CT molecular complexity index is 946. The van der Waals surface area contributed by atoms with Gasteiger partial charge in [-0.3, -0.25) is 0 Å². The predicted molar refractivity (Wildman–Crippen MR) is 128 cm³/mol. The van der Waals surface area contributed by atoms with Gasteiger partial charge in [0.2, 0.25) is 10.0 Å². The van der Waals surface area contributed by atoms with Crippen LogP contribution in [0.4, 0.5) is 4.39 Å². The van der Waals surface area contributed by atoms with E-state index in [1.165, 1.54) is 12.1 Å². The topological polar surface area (TPSA) is 73.8 Å². The smallest absolute Gasteiger partial charge is 0.243 e. The van der Waals surface area contributed by atoms with E-state index in [2.05, 4.69) is 15.6 Å². The molecule has 2 aromatic carbocycles. The van der Waals surface area contributed by atoms with Gasteiger partial charge in [-0.2, -0.15) is 4.31 Å². The van der Waals surface area contributed by atoms with Crippen LogP contribution in [-0.2, 0) is 23.1 Å². The zero-order chi connectivity index (χ0) is 20.7. The van der Waals surface area contributed by atoms with Crippen molar-refractivity contribution in [2.24, 2.45) is 4.99 Å². The number of guanidine groups is 1. The molecule has 1 aliphatic rings. The van der Waals surface area contributed by atoms with E-state index < -0.39 is 10.0 Å². The van der Waals surface area contributed by atoms with Crippen LogP contribution in [0.15, 0.2) is 58.4 Å². The first-order valence-corrected chi connectivity index (χ1v) is 11.3. The lowest BCUT2D eigenvalue weighted by atomic mass is 10.2. The van der Waals surface area contributed by atoms with E-state index in [4.69, 9.17) is 0 Å². The van der Waals surface area contributed by atoms with E-state index >= 15 is 0 Å². The summed E-state index contributed by atoms with van der Waals surface area (Å²) < 4.78 is 40.0. The first-order chi connectivity index (χ1) is 14.0. The summed E-state index contributed by atoms with van der Waals surface area (Å²) in [6, 6.07) is 13.3. The Labute approximate surface area is 195 Å². The summed E-state index contributed by atoms with van der Waals surface area (Å²) in [5.74, 6) is 0.338. The maximum atomic E-state index is 13.3. The lowest BCUT2D eigenvalue weighted by molar-refractivity contribution is 0.477. The van der Waals surface area contributed by atoms with Gasteiger partial charge in [0.15, 0.2) is 5.96 Å². The molecule has 164 valence electrons.